The van der Waals surface area contributed by atoms with E-state index in [4.69, 9.17) is 5.84 Å². The summed E-state index contributed by atoms with van der Waals surface area (Å²) in [5.41, 5.74) is 6.20. The van der Waals surface area contributed by atoms with E-state index in [1.165, 1.54) is 23.6 Å². The van der Waals surface area contributed by atoms with E-state index < -0.39 is 18.0 Å². The maximum absolute atomic E-state index is 12.7. The van der Waals surface area contributed by atoms with Gasteiger partial charge in [-0.25, -0.2) is 5.84 Å². The number of carbonyl (C=O) groups is 3. The second-order valence-electron chi connectivity index (χ2n) is 9.13. The molecule has 0 rings (SSSR count). The van der Waals surface area contributed by atoms with Crippen molar-refractivity contribution in [2.75, 3.05) is 11.5 Å². The van der Waals surface area contributed by atoms with Gasteiger partial charge in [0.05, 0.1) is 0 Å². The molecule has 0 spiro atoms. The van der Waals surface area contributed by atoms with E-state index in [-0.39, 0.29) is 17.7 Å². The van der Waals surface area contributed by atoms with Crippen molar-refractivity contribution in [2.45, 2.75) is 92.7 Å². The van der Waals surface area contributed by atoms with Crippen LogP contribution in [0.25, 0.3) is 0 Å². The summed E-state index contributed by atoms with van der Waals surface area (Å²) >= 11 is 1.55. The standard InChI is InChI=1S/C26H46N4O3S/c1-8-21(6)24(28-22(7)31)26(33)29-23(25(32)30-27)17-34-16-15-20(5)14-10-13-19(4)12-9-11-18(2)3/h11,13,15,21,23-24H,8-10,12,14,16-17,27H2,1-7H3,(H,28,31)(H,29,33)(H,30,32)/b19-13+,20-15+/t21-,23+,24-/m1/s1. The Balaban J connectivity index is 4.71. The van der Waals surface area contributed by atoms with Gasteiger partial charge in [-0.05, 0) is 59.3 Å². The first-order valence-corrected chi connectivity index (χ1v) is 13.3. The zero-order valence-corrected chi connectivity index (χ0v) is 22.9. The molecular formula is C26H46N4O3S. The van der Waals surface area contributed by atoms with Crippen LogP contribution in [0.3, 0.4) is 0 Å². The summed E-state index contributed by atoms with van der Waals surface area (Å²) in [7, 11) is 0. The number of hydrogen-bond donors (Lipinski definition) is 4. The minimum atomic E-state index is -0.775. The lowest BCUT2D eigenvalue weighted by Gasteiger charge is -2.25. The molecule has 8 heteroatoms. The van der Waals surface area contributed by atoms with E-state index in [0.717, 1.165) is 37.9 Å². The van der Waals surface area contributed by atoms with E-state index in [1.54, 1.807) is 11.8 Å². The van der Waals surface area contributed by atoms with Crippen molar-refractivity contribution in [3.8, 4) is 0 Å². The number of rotatable bonds is 16. The Morgan fingerprint density at radius 2 is 1.47 bits per heavy atom. The molecule has 3 atom stereocenters. The summed E-state index contributed by atoms with van der Waals surface area (Å²) in [6.45, 7) is 13.8. The van der Waals surface area contributed by atoms with Crippen LogP contribution in [-0.2, 0) is 14.4 Å². The number of carbonyl (C=O) groups excluding carboxylic acids is 3. The third-order valence-electron chi connectivity index (χ3n) is 5.59. The fourth-order valence-electron chi connectivity index (χ4n) is 3.19. The normalized spacial score (nSPS) is 14.6. The van der Waals surface area contributed by atoms with Crippen molar-refractivity contribution in [2.24, 2.45) is 11.8 Å². The van der Waals surface area contributed by atoms with E-state index in [0.29, 0.717) is 5.75 Å². The molecule has 0 unspecified atom stereocenters. The van der Waals surface area contributed by atoms with Gasteiger partial charge in [0, 0.05) is 18.4 Å². The van der Waals surface area contributed by atoms with Gasteiger partial charge in [0.2, 0.25) is 11.8 Å². The molecule has 34 heavy (non-hydrogen) atoms. The molecule has 0 aromatic heterocycles. The quantitative estimate of drug-likeness (QED) is 0.0846. The van der Waals surface area contributed by atoms with Gasteiger partial charge in [0.25, 0.3) is 5.91 Å². The molecule has 194 valence electrons. The van der Waals surface area contributed by atoms with Crippen molar-refractivity contribution < 1.29 is 14.4 Å². The van der Waals surface area contributed by atoms with Crippen LogP contribution in [0.2, 0.25) is 0 Å². The van der Waals surface area contributed by atoms with Gasteiger partial charge in [-0.1, -0.05) is 55.2 Å². The average Bonchev–Trinajstić information content (AvgIpc) is 2.77. The molecule has 0 fully saturated rings. The van der Waals surface area contributed by atoms with Crippen molar-refractivity contribution in [3.63, 3.8) is 0 Å². The smallest absolute Gasteiger partial charge is 0.257 e. The highest BCUT2D eigenvalue weighted by Gasteiger charge is 2.28. The lowest BCUT2D eigenvalue weighted by Crippen LogP contribution is -2.57. The Bertz CT molecular complexity index is 742. The van der Waals surface area contributed by atoms with Crippen LogP contribution in [0, 0.1) is 5.92 Å². The Morgan fingerprint density at radius 3 is 2.00 bits per heavy atom. The highest BCUT2D eigenvalue weighted by atomic mass is 32.2. The zero-order valence-electron chi connectivity index (χ0n) is 22.1. The van der Waals surface area contributed by atoms with Gasteiger partial charge in [0.15, 0.2) is 0 Å². The first-order valence-electron chi connectivity index (χ1n) is 12.1. The molecule has 0 aromatic rings. The molecule has 0 heterocycles. The summed E-state index contributed by atoms with van der Waals surface area (Å²) in [5, 5.41) is 5.43. The third kappa shape index (κ3) is 15.0. The van der Waals surface area contributed by atoms with Crippen LogP contribution < -0.4 is 21.9 Å². The lowest BCUT2D eigenvalue weighted by atomic mass is 9.98. The van der Waals surface area contributed by atoms with Gasteiger partial charge in [0.1, 0.15) is 12.1 Å². The maximum atomic E-state index is 12.7. The molecule has 0 aliphatic carbocycles. The Hall–Kier alpha value is -2.06. The number of allylic oxidation sites excluding steroid dienone is 5. The van der Waals surface area contributed by atoms with Crippen molar-refractivity contribution in [1.82, 2.24) is 16.1 Å². The first-order chi connectivity index (χ1) is 16.0. The summed E-state index contributed by atoms with van der Waals surface area (Å²) in [4.78, 5) is 36.5. The monoisotopic (exact) mass is 494 g/mol. The Kier molecular flexibility index (Phi) is 17.2. The fraction of sp³-hybridized carbons (Fsp3) is 0.654. The summed E-state index contributed by atoms with van der Waals surface area (Å²) in [5.74, 6) is 5.26. The molecule has 0 saturated carbocycles. The van der Waals surface area contributed by atoms with Crippen LogP contribution in [0.1, 0.15) is 80.6 Å². The van der Waals surface area contributed by atoms with Crippen LogP contribution in [0.5, 0.6) is 0 Å². The maximum Gasteiger partial charge on any atom is 0.257 e. The zero-order chi connectivity index (χ0) is 26.1. The summed E-state index contributed by atoms with van der Waals surface area (Å²) in [6.07, 6.45) is 11.7. The number of nitrogens with one attached hydrogen (secondary N) is 3. The van der Waals surface area contributed by atoms with Gasteiger partial charge in [-0.15, -0.1) is 0 Å². The number of amides is 3. The topological polar surface area (TPSA) is 113 Å². The minimum Gasteiger partial charge on any atom is -0.344 e. The largest absolute Gasteiger partial charge is 0.344 e. The van der Waals surface area contributed by atoms with Crippen molar-refractivity contribution >= 4 is 29.5 Å². The molecule has 7 nitrogen and oxygen atoms in total. The average molecular weight is 495 g/mol. The van der Waals surface area contributed by atoms with Crippen LogP contribution in [-0.4, -0.2) is 41.3 Å². The number of nitrogens with two attached hydrogens (primary N) is 1. The van der Waals surface area contributed by atoms with E-state index >= 15 is 0 Å². The number of hydrazine groups is 1. The predicted octanol–water partition coefficient (Wildman–Crippen LogP) is 4.16. The van der Waals surface area contributed by atoms with Crippen LogP contribution in [0.15, 0.2) is 34.9 Å². The molecular weight excluding hydrogens is 448 g/mol. The fourth-order valence-corrected chi connectivity index (χ4v) is 4.20. The third-order valence-corrected chi connectivity index (χ3v) is 6.56. The van der Waals surface area contributed by atoms with Gasteiger partial charge < -0.3 is 10.6 Å². The minimum absolute atomic E-state index is 0.0614. The highest BCUT2D eigenvalue weighted by Crippen LogP contribution is 2.14. The molecule has 5 N–H and O–H groups in total. The van der Waals surface area contributed by atoms with E-state index in [9.17, 15) is 14.4 Å². The number of thioether (sulfide) groups is 1. The molecule has 3 amide bonds. The SMILES string of the molecule is CC[C@@H](C)[C@@H](NC(C)=O)C(=O)N[C@@H](CSC/C=C(\C)CC/C=C(\C)CCC=C(C)C)C(=O)NN. The van der Waals surface area contributed by atoms with Gasteiger partial charge in [-0.2, -0.15) is 11.8 Å². The Morgan fingerprint density at radius 1 is 0.882 bits per heavy atom. The van der Waals surface area contributed by atoms with Crippen LogP contribution in [0.4, 0.5) is 0 Å². The predicted molar refractivity (Wildman–Crippen MR) is 144 cm³/mol. The van der Waals surface area contributed by atoms with Crippen molar-refractivity contribution in [1.29, 1.82) is 0 Å². The number of hydrogen-bond acceptors (Lipinski definition) is 5. The molecule has 0 aliphatic rings. The summed E-state index contributed by atoms with van der Waals surface area (Å²) < 4.78 is 0. The molecule has 0 radical (unpaired) electrons. The van der Waals surface area contributed by atoms with Crippen LogP contribution >= 0.6 is 11.8 Å². The Labute approximate surface area is 210 Å². The second-order valence-corrected chi connectivity index (χ2v) is 10.2. The van der Waals surface area contributed by atoms with Gasteiger partial charge in [-0.3, -0.25) is 19.8 Å². The van der Waals surface area contributed by atoms with Gasteiger partial charge >= 0.3 is 0 Å². The first kappa shape index (κ1) is 31.9. The second kappa shape index (κ2) is 18.3. The highest BCUT2D eigenvalue weighted by molar-refractivity contribution is 7.99. The molecule has 0 saturated heterocycles. The van der Waals surface area contributed by atoms with E-state index in [1.807, 2.05) is 13.8 Å². The van der Waals surface area contributed by atoms with E-state index in [2.05, 4.69) is 62.0 Å². The molecule has 0 aromatic carbocycles. The summed E-state index contributed by atoms with van der Waals surface area (Å²) in [6, 6.07) is -1.47. The molecule has 0 bridgehead atoms. The van der Waals surface area contributed by atoms with Crippen molar-refractivity contribution in [3.05, 3.63) is 34.9 Å². The molecule has 0 aliphatic heterocycles. The lowest BCUT2D eigenvalue weighted by molar-refractivity contribution is -0.132.